The van der Waals surface area contributed by atoms with Crippen LogP contribution < -0.4 is 5.32 Å². The largest absolute Gasteiger partial charge is 0.423 e. The summed E-state index contributed by atoms with van der Waals surface area (Å²) in [4.78, 5) is 0. The van der Waals surface area contributed by atoms with Crippen LogP contribution in [-0.4, -0.2) is 26.0 Å². The Kier molecular flexibility index (Phi) is 4.23. The van der Waals surface area contributed by atoms with Gasteiger partial charge in [-0.15, -0.1) is 10.2 Å². The molecule has 0 aliphatic carbocycles. The van der Waals surface area contributed by atoms with Crippen LogP contribution >= 0.6 is 0 Å². The molecule has 20 heavy (non-hydrogen) atoms. The van der Waals surface area contributed by atoms with Crippen LogP contribution in [0.3, 0.4) is 0 Å². The van der Waals surface area contributed by atoms with Crippen LogP contribution in [0.2, 0.25) is 0 Å². The van der Waals surface area contributed by atoms with Crippen LogP contribution in [-0.2, 0) is 18.5 Å². The minimum Gasteiger partial charge on any atom is -0.423 e. The molecule has 6 nitrogen and oxygen atoms in total. The highest BCUT2D eigenvalue weighted by Gasteiger charge is 2.21. The first-order valence-corrected chi connectivity index (χ1v) is 6.90. The van der Waals surface area contributed by atoms with Crippen molar-refractivity contribution >= 4 is 0 Å². The molecule has 110 valence electrons. The molecule has 0 amide bonds. The van der Waals surface area contributed by atoms with E-state index >= 15 is 0 Å². The first kappa shape index (κ1) is 14.7. The maximum Gasteiger partial charge on any atom is 0.230 e. The molecule has 2 aromatic heterocycles. The topological polar surface area (TPSA) is 68.8 Å². The predicted molar refractivity (Wildman–Crippen MR) is 76.3 cm³/mol. The van der Waals surface area contributed by atoms with Crippen LogP contribution in [0.5, 0.6) is 0 Å². The van der Waals surface area contributed by atoms with E-state index in [-0.39, 0.29) is 11.5 Å². The molecule has 0 unspecified atom stereocenters. The number of nitrogens with zero attached hydrogens (tertiary/aromatic N) is 4. The molecule has 0 aromatic carbocycles. The Morgan fingerprint density at radius 1 is 1.35 bits per heavy atom. The van der Waals surface area contributed by atoms with Crippen molar-refractivity contribution in [3.8, 4) is 0 Å². The van der Waals surface area contributed by atoms with Crippen LogP contribution in [0.15, 0.2) is 16.8 Å². The van der Waals surface area contributed by atoms with E-state index in [0.717, 1.165) is 6.54 Å². The third-order valence-electron chi connectivity index (χ3n) is 2.93. The van der Waals surface area contributed by atoms with Crippen molar-refractivity contribution in [3.05, 3.63) is 29.7 Å². The third kappa shape index (κ3) is 3.90. The van der Waals surface area contributed by atoms with Gasteiger partial charge < -0.3 is 9.73 Å². The van der Waals surface area contributed by atoms with E-state index < -0.39 is 0 Å². The van der Waals surface area contributed by atoms with Gasteiger partial charge in [0.1, 0.15) is 0 Å². The highest BCUT2D eigenvalue weighted by molar-refractivity contribution is 4.99. The van der Waals surface area contributed by atoms with Gasteiger partial charge in [-0.05, 0) is 19.4 Å². The molecule has 2 aromatic rings. The lowest BCUT2D eigenvalue weighted by Gasteiger charge is -2.13. The lowest BCUT2D eigenvalue weighted by molar-refractivity contribution is 0.353. The summed E-state index contributed by atoms with van der Waals surface area (Å²) in [6, 6.07) is 0.277. The molecule has 0 saturated carbocycles. The lowest BCUT2D eigenvalue weighted by atomic mass is 9.97. The molecule has 0 fully saturated rings. The number of nitrogens with one attached hydrogen (secondary N) is 1. The Hall–Kier alpha value is -1.69. The van der Waals surface area contributed by atoms with Crippen molar-refractivity contribution < 1.29 is 4.42 Å². The van der Waals surface area contributed by atoms with Gasteiger partial charge in [0.05, 0.1) is 19.3 Å². The van der Waals surface area contributed by atoms with E-state index in [0.29, 0.717) is 18.3 Å². The monoisotopic (exact) mass is 277 g/mol. The Morgan fingerprint density at radius 2 is 2.10 bits per heavy atom. The lowest BCUT2D eigenvalue weighted by Crippen LogP contribution is -2.30. The Morgan fingerprint density at radius 3 is 2.65 bits per heavy atom. The summed E-state index contributed by atoms with van der Waals surface area (Å²) >= 11 is 0. The Bertz CT molecular complexity index is 552. The maximum atomic E-state index is 5.65. The molecule has 0 spiro atoms. The molecule has 0 aliphatic rings. The van der Waals surface area contributed by atoms with Crippen molar-refractivity contribution in [1.29, 1.82) is 0 Å². The van der Waals surface area contributed by atoms with E-state index in [4.69, 9.17) is 4.42 Å². The Labute approximate surface area is 119 Å². The third-order valence-corrected chi connectivity index (χ3v) is 2.93. The van der Waals surface area contributed by atoms with Crippen molar-refractivity contribution in [2.24, 2.45) is 0 Å². The second kappa shape index (κ2) is 5.75. The standard InChI is InChI=1S/C14H23N5O/c1-10-6-16-19(8-10)9-11(2)15-7-12-17-18-13(20-12)14(3,4)5/h6,8,11,15H,7,9H2,1-5H3/t11-/m0/s1. The number of aromatic nitrogens is 4. The zero-order chi connectivity index (χ0) is 14.8. The van der Waals surface area contributed by atoms with E-state index in [9.17, 15) is 0 Å². The zero-order valence-electron chi connectivity index (χ0n) is 12.8. The van der Waals surface area contributed by atoms with Gasteiger partial charge in [0.2, 0.25) is 11.8 Å². The van der Waals surface area contributed by atoms with Gasteiger partial charge in [-0.3, -0.25) is 4.68 Å². The average Bonchev–Trinajstić information content (AvgIpc) is 2.95. The quantitative estimate of drug-likeness (QED) is 0.906. The molecule has 2 rings (SSSR count). The SMILES string of the molecule is Cc1cnn(C[C@H](C)NCc2nnc(C(C)(C)C)o2)c1. The summed E-state index contributed by atoms with van der Waals surface area (Å²) in [6.07, 6.45) is 3.89. The molecule has 2 heterocycles. The minimum absolute atomic E-state index is 0.108. The van der Waals surface area contributed by atoms with Gasteiger partial charge in [-0.1, -0.05) is 20.8 Å². The summed E-state index contributed by atoms with van der Waals surface area (Å²) in [5.41, 5.74) is 1.06. The summed E-state index contributed by atoms with van der Waals surface area (Å²) in [6.45, 7) is 11.7. The van der Waals surface area contributed by atoms with Crippen molar-refractivity contribution in [2.75, 3.05) is 0 Å². The molecule has 0 radical (unpaired) electrons. The molecular formula is C14H23N5O. The number of rotatable bonds is 5. The zero-order valence-corrected chi connectivity index (χ0v) is 12.8. The van der Waals surface area contributed by atoms with Gasteiger partial charge in [-0.25, -0.2) is 0 Å². The van der Waals surface area contributed by atoms with Crippen LogP contribution in [0.1, 0.15) is 45.0 Å². The second-order valence-corrected chi connectivity index (χ2v) is 6.27. The fraction of sp³-hybridized carbons (Fsp3) is 0.643. The van der Waals surface area contributed by atoms with E-state index in [1.165, 1.54) is 5.56 Å². The fourth-order valence-corrected chi connectivity index (χ4v) is 1.80. The van der Waals surface area contributed by atoms with Crippen LogP contribution in [0.4, 0.5) is 0 Å². The van der Waals surface area contributed by atoms with E-state index in [1.807, 2.05) is 24.0 Å². The number of hydrogen-bond acceptors (Lipinski definition) is 5. The first-order chi connectivity index (χ1) is 9.34. The number of hydrogen-bond donors (Lipinski definition) is 1. The van der Waals surface area contributed by atoms with E-state index in [1.54, 1.807) is 0 Å². The fourth-order valence-electron chi connectivity index (χ4n) is 1.80. The van der Waals surface area contributed by atoms with E-state index in [2.05, 4.69) is 48.3 Å². The van der Waals surface area contributed by atoms with Crippen molar-refractivity contribution in [2.45, 2.75) is 59.2 Å². The predicted octanol–water partition coefficient (Wildman–Crippen LogP) is 2.05. The van der Waals surface area contributed by atoms with Crippen molar-refractivity contribution in [3.63, 3.8) is 0 Å². The van der Waals surface area contributed by atoms with Crippen LogP contribution in [0.25, 0.3) is 0 Å². The highest BCUT2D eigenvalue weighted by atomic mass is 16.4. The summed E-state index contributed by atoms with van der Waals surface area (Å²) in [5.74, 6) is 1.29. The number of aryl methyl sites for hydroxylation is 1. The highest BCUT2D eigenvalue weighted by Crippen LogP contribution is 2.20. The van der Waals surface area contributed by atoms with Gasteiger partial charge in [0.25, 0.3) is 0 Å². The van der Waals surface area contributed by atoms with Gasteiger partial charge in [0.15, 0.2) is 0 Å². The summed E-state index contributed by atoms with van der Waals surface area (Å²) in [7, 11) is 0. The minimum atomic E-state index is -0.108. The molecule has 0 aliphatic heterocycles. The summed E-state index contributed by atoms with van der Waals surface area (Å²) < 4.78 is 7.58. The van der Waals surface area contributed by atoms with Crippen molar-refractivity contribution in [1.82, 2.24) is 25.3 Å². The molecule has 6 heteroatoms. The first-order valence-electron chi connectivity index (χ1n) is 6.90. The maximum absolute atomic E-state index is 5.65. The van der Waals surface area contributed by atoms with Gasteiger partial charge >= 0.3 is 0 Å². The average molecular weight is 277 g/mol. The molecule has 1 atom stereocenters. The van der Waals surface area contributed by atoms with Gasteiger partial charge in [-0.2, -0.15) is 5.10 Å². The van der Waals surface area contributed by atoms with Gasteiger partial charge in [0, 0.05) is 17.7 Å². The Balaban J connectivity index is 1.84. The molecular weight excluding hydrogens is 254 g/mol. The van der Waals surface area contributed by atoms with Crippen LogP contribution in [0, 0.1) is 6.92 Å². The summed E-state index contributed by atoms with van der Waals surface area (Å²) in [5, 5.41) is 15.8. The molecule has 1 N–H and O–H groups in total. The normalized spacial score (nSPS) is 13.7. The second-order valence-electron chi connectivity index (χ2n) is 6.27. The molecule has 0 saturated heterocycles. The molecule has 0 bridgehead atoms. The smallest absolute Gasteiger partial charge is 0.230 e.